The van der Waals surface area contributed by atoms with E-state index in [1.807, 2.05) is 6.92 Å². The van der Waals surface area contributed by atoms with Gasteiger partial charge in [-0.15, -0.1) is 0 Å². The van der Waals surface area contributed by atoms with Crippen molar-refractivity contribution in [1.82, 2.24) is 4.98 Å². The lowest BCUT2D eigenvalue weighted by molar-refractivity contribution is 0.102. The summed E-state index contributed by atoms with van der Waals surface area (Å²) in [5.74, 6) is -0.640. The van der Waals surface area contributed by atoms with Gasteiger partial charge in [-0.05, 0) is 48.9 Å². The average molecular weight is 303 g/mol. The van der Waals surface area contributed by atoms with Crippen molar-refractivity contribution >= 4 is 34.1 Å². The molecule has 0 radical (unpaired) electrons. The predicted octanol–water partition coefficient (Wildman–Crippen LogP) is 4.52. The molecule has 2 aromatic carbocycles. The molecule has 2 N–H and O–H groups in total. The van der Waals surface area contributed by atoms with Gasteiger partial charge in [0.2, 0.25) is 0 Å². The van der Waals surface area contributed by atoms with Crippen LogP contribution >= 0.6 is 11.6 Å². The lowest BCUT2D eigenvalue weighted by Gasteiger charge is -2.08. The van der Waals surface area contributed by atoms with Gasteiger partial charge in [0.1, 0.15) is 11.5 Å². The smallest absolute Gasteiger partial charge is 0.272 e. The van der Waals surface area contributed by atoms with Crippen molar-refractivity contribution in [2.45, 2.75) is 6.92 Å². The Balaban J connectivity index is 1.91. The fraction of sp³-hybridized carbons (Fsp3) is 0.0625. The zero-order valence-corrected chi connectivity index (χ0v) is 12.0. The summed E-state index contributed by atoms with van der Waals surface area (Å²) in [5, 5.41) is 4.17. The van der Waals surface area contributed by atoms with Crippen LogP contribution in [-0.2, 0) is 0 Å². The highest BCUT2D eigenvalue weighted by Gasteiger charge is 2.12. The molecule has 0 saturated heterocycles. The maximum absolute atomic E-state index is 13.2. The fourth-order valence-corrected chi connectivity index (χ4v) is 2.33. The first kappa shape index (κ1) is 13.6. The zero-order valence-electron chi connectivity index (χ0n) is 11.2. The highest BCUT2D eigenvalue weighted by Crippen LogP contribution is 2.24. The van der Waals surface area contributed by atoms with Gasteiger partial charge < -0.3 is 10.3 Å². The second-order valence-electron chi connectivity index (χ2n) is 4.78. The molecule has 106 valence electrons. The summed E-state index contributed by atoms with van der Waals surface area (Å²) in [6.45, 7) is 1.83. The summed E-state index contributed by atoms with van der Waals surface area (Å²) in [6, 6.07) is 11.3. The van der Waals surface area contributed by atoms with Crippen LogP contribution in [0.2, 0.25) is 5.02 Å². The number of aromatic nitrogens is 1. The molecule has 0 aliphatic rings. The van der Waals surface area contributed by atoms with Crippen LogP contribution in [0.15, 0.2) is 42.5 Å². The van der Waals surface area contributed by atoms with Crippen molar-refractivity contribution < 1.29 is 9.18 Å². The van der Waals surface area contributed by atoms with Gasteiger partial charge in [-0.1, -0.05) is 17.7 Å². The first-order valence-electron chi connectivity index (χ1n) is 6.39. The monoisotopic (exact) mass is 302 g/mol. The van der Waals surface area contributed by atoms with Gasteiger partial charge in [-0.3, -0.25) is 4.79 Å². The van der Waals surface area contributed by atoms with Crippen molar-refractivity contribution in [3.63, 3.8) is 0 Å². The zero-order chi connectivity index (χ0) is 15.0. The Morgan fingerprint density at radius 2 is 2.05 bits per heavy atom. The molecule has 3 nitrogen and oxygen atoms in total. The van der Waals surface area contributed by atoms with E-state index in [-0.39, 0.29) is 11.7 Å². The number of nitrogens with one attached hydrogen (secondary N) is 2. The number of amides is 1. The van der Waals surface area contributed by atoms with Crippen LogP contribution in [0.1, 0.15) is 16.1 Å². The Morgan fingerprint density at radius 1 is 1.24 bits per heavy atom. The second kappa shape index (κ2) is 5.22. The number of carbonyl (C=O) groups excluding carboxylic acids is 1. The first-order valence-corrected chi connectivity index (χ1v) is 6.77. The van der Waals surface area contributed by atoms with E-state index in [2.05, 4.69) is 10.3 Å². The Bertz CT molecular complexity index is 841. The highest BCUT2D eigenvalue weighted by atomic mass is 35.5. The Morgan fingerprint density at radius 3 is 2.86 bits per heavy atom. The van der Waals surface area contributed by atoms with E-state index in [4.69, 9.17) is 11.6 Å². The van der Waals surface area contributed by atoms with E-state index >= 15 is 0 Å². The van der Waals surface area contributed by atoms with E-state index < -0.39 is 0 Å². The van der Waals surface area contributed by atoms with Gasteiger partial charge in [0.15, 0.2) is 0 Å². The number of benzene rings is 2. The molecule has 0 aliphatic carbocycles. The summed E-state index contributed by atoms with van der Waals surface area (Å²) in [5.41, 5.74) is 2.41. The van der Waals surface area contributed by atoms with Crippen LogP contribution in [-0.4, -0.2) is 10.9 Å². The van der Waals surface area contributed by atoms with Gasteiger partial charge >= 0.3 is 0 Å². The molecule has 3 rings (SSSR count). The number of hydrogen-bond donors (Lipinski definition) is 2. The van der Waals surface area contributed by atoms with E-state index in [0.29, 0.717) is 21.9 Å². The van der Waals surface area contributed by atoms with Gasteiger partial charge in [0, 0.05) is 21.6 Å². The largest absolute Gasteiger partial charge is 0.350 e. The number of H-pyrrole nitrogens is 1. The van der Waals surface area contributed by atoms with E-state index in [1.54, 1.807) is 30.3 Å². The van der Waals surface area contributed by atoms with Gasteiger partial charge in [-0.2, -0.15) is 0 Å². The number of rotatable bonds is 2. The quantitative estimate of drug-likeness (QED) is 0.718. The number of carbonyl (C=O) groups is 1. The van der Waals surface area contributed by atoms with Crippen LogP contribution in [0.4, 0.5) is 10.1 Å². The molecule has 1 amide bonds. The summed E-state index contributed by atoms with van der Waals surface area (Å²) < 4.78 is 13.2. The lowest BCUT2D eigenvalue weighted by Crippen LogP contribution is -2.13. The van der Waals surface area contributed by atoms with Crippen molar-refractivity contribution in [1.29, 1.82) is 0 Å². The van der Waals surface area contributed by atoms with Crippen molar-refractivity contribution in [2.75, 3.05) is 5.32 Å². The third kappa shape index (κ3) is 2.62. The standard InChI is InChI=1S/C16H12ClFN2O/c1-9-12(17)3-2-4-13(9)20-16(21)15-7-10-5-6-11(18)8-14(10)19-15/h2-8,19H,1H3,(H,20,21). The van der Waals surface area contributed by atoms with Gasteiger partial charge in [0.05, 0.1) is 0 Å². The fourth-order valence-electron chi connectivity index (χ4n) is 2.15. The van der Waals surface area contributed by atoms with E-state index in [9.17, 15) is 9.18 Å². The maximum atomic E-state index is 13.2. The first-order chi connectivity index (χ1) is 10.0. The van der Waals surface area contributed by atoms with Gasteiger partial charge in [-0.25, -0.2) is 4.39 Å². The second-order valence-corrected chi connectivity index (χ2v) is 5.19. The molecule has 0 atom stereocenters. The Kier molecular flexibility index (Phi) is 3.39. The number of aromatic amines is 1. The van der Waals surface area contributed by atoms with Crippen LogP contribution in [0.3, 0.4) is 0 Å². The molecule has 1 heterocycles. The molecule has 0 saturated carbocycles. The minimum atomic E-state index is -0.345. The Labute approximate surface area is 125 Å². The van der Waals surface area contributed by atoms with Crippen LogP contribution in [0.5, 0.6) is 0 Å². The van der Waals surface area contributed by atoms with Crippen LogP contribution in [0, 0.1) is 12.7 Å². The average Bonchev–Trinajstić information content (AvgIpc) is 2.87. The third-order valence-corrected chi connectivity index (χ3v) is 3.75. The van der Waals surface area contributed by atoms with E-state index in [0.717, 1.165) is 10.9 Å². The molecule has 0 spiro atoms. The molecular weight excluding hydrogens is 291 g/mol. The normalized spacial score (nSPS) is 10.8. The molecule has 0 bridgehead atoms. The molecule has 0 unspecified atom stereocenters. The SMILES string of the molecule is Cc1c(Cl)cccc1NC(=O)c1cc2ccc(F)cc2[nH]1. The Hall–Kier alpha value is -2.33. The topological polar surface area (TPSA) is 44.9 Å². The predicted molar refractivity (Wildman–Crippen MR) is 82.4 cm³/mol. The maximum Gasteiger partial charge on any atom is 0.272 e. The summed E-state index contributed by atoms with van der Waals surface area (Å²) in [7, 11) is 0. The molecular formula is C16H12ClFN2O. The van der Waals surface area contributed by atoms with Crippen molar-refractivity contribution in [3.05, 3.63) is 64.6 Å². The molecule has 0 fully saturated rings. The summed E-state index contributed by atoms with van der Waals surface area (Å²) in [4.78, 5) is 15.2. The highest BCUT2D eigenvalue weighted by molar-refractivity contribution is 6.31. The van der Waals surface area contributed by atoms with Crippen molar-refractivity contribution in [2.24, 2.45) is 0 Å². The summed E-state index contributed by atoms with van der Waals surface area (Å²) >= 11 is 6.02. The van der Waals surface area contributed by atoms with Gasteiger partial charge in [0.25, 0.3) is 5.91 Å². The minimum Gasteiger partial charge on any atom is -0.350 e. The third-order valence-electron chi connectivity index (χ3n) is 3.35. The van der Waals surface area contributed by atoms with E-state index in [1.165, 1.54) is 12.1 Å². The van der Waals surface area contributed by atoms with Crippen LogP contribution in [0.25, 0.3) is 10.9 Å². The molecule has 3 aromatic rings. The molecule has 21 heavy (non-hydrogen) atoms. The van der Waals surface area contributed by atoms with Crippen LogP contribution < -0.4 is 5.32 Å². The molecule has 5 heteroatoms. The number of anilines is 1. The lowest BCUT2D eigenvalue weighted by atomic mass is 10.2. The summed E-state index contributed by atoms with van der Waals surface area (Å²) in [6.07, 6.45) is 0. The molecule has 1 aromatic heterocycles. The molecule has 0 aliphatic heterocycles. The minimum absolute atomic E-state index is 0.294. The number of fused-ring (bicyclic) bond motifs is 1. The number of halogens is 2. The number of hydrogen-bond acceptors (Lipinski definition) is 1. The van der Waals surface area contributed by atoms with Crippen molar-refractivity contribution in [3.8, 4) is 0 Å².